The van der Waals surface area contributed by atoms with Crippen molar-refractivity contribution < 1.29 is 74.2 Å². The van der Waals surface area contributed by atoms with Gasteiger partial charge in [0.15, 0.2) is 0 Å². The number of unbranched alkanes of at least 4 members (excludes halogenated alkanes) is 5. The molecule has 0 spiro atoms. The Morgan fingerprint density at radius 1 is 0.963 bits per heavy atom. The zero-order valence-corrected chi connectivity index (χ0v) is 19.9. The maximum atomic E-state index is 11.9. The monoisotopic (exact) mass is 416 g/mol. The summed E-state index contributed by atoms with van der Waals surface area (Å²) in [6.45, 7) is 2.21. The molecule has 0 aromatic heterocycles. The van der Waals surface area contributed by atoms with E-state index in [1.807, 2.05) is 12.1 Å². The minimum absolute atomic E-state index is 0. The second-order valence-electron chi connectivity index (χ2n) is 6.35. The third-order valence-corrected chi connectivity index (χ3v) is 5.03. The molecule has 0 fully saturated rings. The van der Waals surface area contributed by atoms with Gasteiger partial charge in [0.1, 0.15) is 11.5 Å². The largest absolute Gasteiger partial charge is 1.00 e. The molecule has 0 bridgehead atoms. The van der Waals surface area contributed by atoms with Gasteiger partial charge in [0.05, 0.1) is 4.90 Å². The van der Waals surface area contributed by atoms with Crippen molar-refractivity contribution in [3.8, 4) is 17.2 Å². The van der Waals surface area contributed by atoms with E-state index in [4.69, 9.17) is 9.29 Å². The third-order valence-electron chi connectivity index (χ3n) is 4.18. The number of hydrogen-bond donors (Lipinski definition) is 1. The maximum Gasteiger partial charge on any atom is 1.00 e. The van der Waals surface area contributed by atoms with Gasteiger partial charge in [-0.25, -0.2) is 0 Å². The Kier molecular flexibility index (Phi) is 11.1. The predicted octanol–water partition coefficient (Wildman–Crippen LogP) is 1.71. The van der Waals surface area contributed by atoms with E-state index in [1.54, 1.807) is 12.1 Å². The molecule has 2 aromatic rings. The van der Waals surface area contributed by atoms with Crippen LogP contribution >= 0.6 is 0 Å². The Labute approximate surface area is 204 Å². The minimum atomic E-state index is -4.39. The molecule has 0 aliphatic rings. The van der Waals surface area contributed by atoms with Gasteiger partial charge < -0.3 is 9.84 Å². The van der Waals surface area contributed by atoms with E-state index in [2.05, 4.69) is 6.92 Å². The first kappa shape index (κ1) is 24.6. The standard InChI is InChI=1S/C20H26O5S.K/c1-2-3-4-5-6-7-8-16-9-11-17(12-10-16)25-20-14-13-18(15-19(20)21)26(22,23)24;/h9-15,21H,2-8H2,1H3,(H,22,23,24);/q;+1/p-1. The summed E-state index contributed by atoms with van der Waals surface area (Å²) in [5.74, 6) is -0.0780. The Hall–Kier alpha value is -0.414. The molecule has 0 heterocycles. The molecule has 0 saturated carbocycles. The third kappa shape index (κ3) is 8.64. The Morgan fingerprint density at radius 2 is 1.59 bits per heavy atom. The molecule has 0 unspecified atom stereocenters. The van der Waals surface area contributed by atoms with E-state index < -0.39 is 20.8 Å². The molecule has 0 atom stereocenters. The average molecular weight is 417 g/mol. The van der Waals surface area contributed by atoms with Crippen molar-refractivity contribution in [1.29, 1.82) is 0 Å². The fraction of sp³-hybridized carbons (Fsp3) is 0.400. The van der Waals surface area contributed by atoms with Crippen LogP contribution < -0.4 is 61.2 Å². The Balaban J connectivity index is 0.00000364. The summed E-state index contributed by atoms with van der Waals surface area (Å²) < 4.78 is 36.5. The first-order valence-corrected chi connectivity index (χ1v) is 10.4. The van der Waals surface area contributed by atoms with Gasteiger partial charge in [0.2, 0.25) is 0 Å². The van der Waals surface area contributed by atoms with Crippen LogP contribution in [0.2, 0.25) is 0 Å². The summed E-state index contributed by atoms with van der Waals surface area (Å²) in [5, 5.41) is 11.9. The number of aryl methyl sites for hydroxylation is 1. The van der Waals surface area contributed by atoms with Crippen molar-refractivity contribution >= 4 is 10.1 Å². The van der Waals surface area contributed by atoms with E-state index >= 15 is 0 Å². The molecule has 1 N–H and O–H groups in total. The van der Waals surface area contributed by atoms with Crippen LogP contribution in [0, 0.1) is 0 Å². The van der Waals surface area contributed by atoms with E-state index in [0.29, 0.717) is 5.75 Å². The van der Waals surface area contributed by atoms with Crippen molar-refractivity contribution in [3.63, 3.8) is 0 Å². The van der Waals surface area contributed by atoms with Gasteiger partial charge in [-0.1, -0.05) is 56.9 Å². The number of hydrogen-bond acceptors (Lipinski definition) is 4. The number of benzene rings is 2. The summed E-state index contributed by atoms with van der Waals surface area (Å²) in [6, 6.07) is 10.8. The molecule has 142 valence electrons. The van der Waals surface area contributed by atoms with Crippen molar-refractivity contribution in [3.05, 3.63) is 48.0 Å². The fourth-order valence-electron chi connectivity index (χ4n) is 2.69. The molecule has 0 aliphatic heterocycles. The second-order valence-corrected chi connectivity index (χ2v) is 7.77. The summed E-state index contributed by atoms with van der Waals surface area (Å²) >= 11 is 0. The van der Waals surface area contributed by atoms with Crippen molar-refractivity contribution in [2.24, 2.45) is 0 Å². The van der Waals surface area contributed by atoms with Gasteiger partial charge in [0, 0.05) is 0 Å². The van der Waals surface area contributed by atoms with Gasteiger partial charge >= 0.3 is 51.4 Å². The van der Waals surface area contributed by atoms with Gasteiger partial charge in [-0.2, -0.15) is 8.42 Å². The van der Waals surface area contributed by atoms with E-state index in [1.165, 1.54) is 43.7 Å². The smallest absolute Gasteiger partial charge is 0.870 e. The predicted molar refractivity (Wildman–Crippen MR) is 99.3 cm³/mol. The van der Waals surface area contributed by atoms with Crippen LogP contribution in [0.25, 0.3) is 0 Å². The van der Waals surface area contributed by atoms with E-state index in [0.717, 1.165) is 25.0 Å². The zero-order chi connectivity index (χ0) is 19.0. The second kappa shape index (κ2) is 12.2. The number of rotatable bonds is 10. The van der Waals surface area contributed by atoms with Crippen LogP contribution in [0.3, 0.4) is 0 Å². The van der Waals surface area contributed by atoms with Crippen molar-refractivity contribution in [1.82, 2.24) is 0 Å². The Bertz CT molecular complexity index is 804. The van der Waals surface area contributed by atoms with Crippen molar-refractivity contribution in [2.45, 2.75) is 56.8 Å². The Morgan fingerprint density at radius 3 is 2.19 bits per heavy atom. The topological polar surface area (TPSA) is 86.7 Å². The van der Waals surface area contributed by atoms with Gasteiger partial charge in [-0.05, 0) is 48.7 Å². The molecular weight excluding hydrogens is 391 g/mol. The molecule has 27 heavy (non-hydrogen) atoms. The average Bonchev–Trinajstić information content (AvgIpc) is 2.60. The normalized spacial score (nSPS) is 11.0. The summed E-state index contributed by atoms with van der Waals surface area (Å²) in [7, 11) is -4.39. The molecule has 7 heteroatoms. The SMILES string of the molecule is CCCCCCCCc1ccc(Oc2ccc(S(=O)(=O)O)cc2[O-])cc1.[K+]. The molecule has 2 aromatic carbocycles. The summed E-state index contributed by atoms with van der Waals surface area (Å²) in [4.78, 5) is -0.441. The molecule has 2 rings (SSSR count). The first-order chi connectivity index (χ1) is 12.4. The van der Waals surface area contributed by atoms with Crippen LogP contribution in [0.15, 0.2) is 47.4 Å². The minimum Gasteiger partial charge on any atom is -0.870 e. The van der Waals surface area contributed by atoms with Gasteiger partial charge in [-0.3, -0.25) is 4.55 Å². The van der Waals surface area contributed by atoms with Crippen LogP contribution in [0.4, 0.5) is 0 Å². The number of ether oxygens (including phenoxy) is 1. The summed E-state index contributed by atoms with van der Waals surface area (Å²) in [6.07, 6.45) is 8.55. The summed E-state index contributed by atoms with van der Waals surface area (Å²) in [5.41, 5.74) is 1.22. The van der Waals surface area contributed by atoms with Gasteiger partial charge in [-0.15, -0.1) is 0 Å². The van der Waals surface area contributed by atoms with E-state index in [9.17, 15) is 13.5 Å². The first-order valence-electron chi connectivity index (χ1n) is 8.95. The van der Waals surface area contributed by atoms with Crippen molar-refractivity contribution in [2.75, 3.05) is 0 Å². The molecule has 0 aliphatic carbocycles. The maximum absolute atomic E-state index is 11.9. The fourth-order valence-corrected chi connectivity index (χ4v) is 3.19. The molecule has 5 nitrogen and oxygen atoms in total. The molecule has 0 amide bonds. The van der Waals surface area contributed by atoms with E-state index in [-0.39, 0.29) is 57.1 Å². The quantitative estimate of drug-likeness (QED) is 0.362. The van der Waals surface area contributed by atoms with Crippen LogP contribution in [-0.2, 0) is 16.5 Å². The molecule has 0 saturated heterocycles. The molecule has 0 radical (unpaired) electrons. The van der Waals surface area contributed by atoms with Crippen LogP contribution in [-0.4, -0.2) is 13.0 Å². The molecular formula is C20H25KO5S. The van der Waals surface area contributed by atoms with Crippen LogP contribution in [0.1, 0.15) is 51.0 Å². The van der Waals surface area contributed by atoms with Gasteiger partial charge in [0.25, 0.3) is 10.1 Å². The zero-order valence-electron chi connectivity index (χ0n) is 16.0. The van der Waals surface area contributed by atoms with Crippen LogP contribution in [0.5, 0.6) is 17.2 Å².